The quantitative estimate of drug-likeness (QED) is 0.825. The molecule has 4 heteroatoms. The van der Waals surface area contributed by atoms with Crippen molar-refractivity contribution in [1.29, 1.82) is 0 Å². The summed E-state index contributed by atoms with van der Waals surface area (Å²) in [6.07, 6.45) is 2.21. The summed E-state index contributed by atoms with van der Waals surface area (Å²) >= 11 is 9.21. The van der Waals surface area contributed by atoms with Crippen molar-refractivity contribution >= 4 is 27.5 Å². The third kappa shape index (κ3) is 1.76. The minimum Gasteiger partial charge on any atom is -0.506 e. The van der Waals surface area contributed by atoms with Crippen LogP contribution in [0.3, 0.4) is 0 Å². The van der Waals surface area contributed by atoms with E-state index in [9.17, 15) is 5.11 Å². The van der Waals surface area contributed by atoms with Gasteiger partial charge in [0, 0.05) is 16.1 Å². The number of nitrogens with one attached hydrogen (secondary N) is 1. The molecular weight excluding hydrogens is 265 g/mol. The molecule has 0 bridgehead atoms. The molecule has 0 amide bonds. The minimum atomic E-state index is 0.195. The molecule has 2 rings (SSSR count). The van der Waals surface area contributed by atoms with Crippen molar-refractivity contribution in [1.82, 2.24) is 5.32 Å². The Hall–Kier alpha value is -0.250. The van der Waals surface area contributed by atoms with Gasteiger partial charge >= 0.3 is 0 Å². The van der Waals surface area contributed by atoms with Crippen molar-refractivity contribution in [3.05, 3.63) is 27.2 Å². The maximum absolute atomic E-state index is 9.84. The van der Waals surface area contributed by atoms with Gasteiger partial charge in [-0.2, -0.15) is 0 Å². The summed E-state index contributed by atoms with van der Waals surface area (Å²) in [7, 11) is 0. The Bertz CT molecular complexity index is 350. The van der Waals surface area contributed by atoms with Crippen LogP contribution in [0.25, 0.3) is 0 Å². The second-order valence-corrected chi connectivity index (χ2v) is 4.68. The molecule has 1 aliphatic heterocycles. The van der Waals surface area contributed by atoms with Gasteiger partial charge in [-0.05, 0) is 41.4 Å². The van der Waals surface area contributed by atoms with Gasteiger partial charge in [-0.15, -0.1) is 0 Å². The lowest BCUT2D eigenvalue weighted by Crippen LogP contribution is -2.12. The lowest BCUT2D eigenvalue weighted by molar-refractivity contribution is 0.457. The molecule has 1 saturated heterocycles. The molecule has 1 unspecified atom stereocenters. The third-order valence-corrected chi connectivity index (χ3v) is 3.81. The van der Waals surface area contributed by atoms with E-state index in [2.05, 4.69) is 21.2 Å². The Morgan fingerprint density at radius 1 is 1.50 bits per heavy atom. The second kappa shape index (κ2) is 4.09. The molecule has 0 saturated carbocycles. The second-order valence-electron chi connectivity index (χ2n) is 3.45. The van der Waals surface area contributed by atoms with Gasteiger partial charge < -0.3 is 10.4 Å². The first kappa shape index (κ1) is 10.3. The van der Waals surface area contributed by atoms with Gasteiger partial charge in [-0.1, -0.05) is 17.7 Å². The average molecular weight is 277 g/mol. The van der Waals surface area contributed by atoms with Crippen LogP contribution in [0.4, 0.5) is 0 Å². The molecule has 1 atom stereocenters. The van der Waals surface area contributed by atoms with E-state index in [-0.39, 0.29) is 11.8 Å². The Labute approximate surface area is 96.4 Å². The predicted molar refractivity (Wildman–Crippen MR) is 60.8 cm³/mol. The van der Waals surface area contributed by atoms with Crippen LogP contribution >= 0.6 is 27.5 Å². The van der Waals surface area contributed by atoms with Crippen molar-refractivity contribution in [2.45, 2.75) is 18.9 Å². The Morgan fingerprint density at radius 2 is 2.29 bits per heavy atom. The smallest absolute Gasteiger partial charge is 0.140 e. The third-order valence-electron chi connectivity index (χ3n) is 2.54. The Morgan fingerprint density at radius 3 is 2.93 bits per heavy atom. The summed E-state index contributed by atoms with van der Waals surface area (Å²) in [4.78, 5) is 0. The number of phenols is 1. The largest absolute Gasteiger partial charge is 0.506 e. The summed E-state index contributed by atoms with van der Waals surface area (Å²) in [5.41, 5.74) is 0.899. The van der Waals surface area contributed by atoms with Gasteiger partial charge in [0.1, 0.15) is 5.75 Å². The van der Waals surface area contributed by atoms with Crippen molar-refractivity contribution in [3.63, 3.8) is 0 Å². The summed E-state index contributed by atoms with van der Waals surface area (Å²) < 4.78 is 0.735. The highest BCUT2D eigenvalue weighted by Crippen LogP contribution is 2.39. The summed E-state index contributed by atoms with van der Waals surface area (Å²) in [6.45, 7) is 1.01. The first-order valence-corrected chi connectivity index (χ1v) is 5.77. The maximum atomic E-state index is 9.84. The molecule has 1 aromatic carbocycles. The molecule has 0 aliphatic carbocycles. The lowest BCUT2D eigenvalue weighted by atomic mass is 10.0. The average Bonchev–Trinajstić information content (AvgIpc) is 2.67. The lowest BCUT2D eigenvalue weighted by Gasteiger charge is -2.13. The molecule has 0 spiro atoms. The van der Waals surface area contributed by atoms with Gasteiger partial charge in [-0.25, -0.2) is 0 Å². The molecule has 1 fully saturated rings. The summed E-state index contributed by atoms with van der Waals surface area (Å²) in [5, 5.41) is 13.6. The molecule has 76 valence electrons. The number of hydrogen-bond acceptors (Lipinski definition) is 2. The highest BCUT2D eigenvalue weighted by molar-refractivity contribution is 9.10. The van der Waals surface area contributed by atoms with E-state index < -0.39 is 0 Å². The first-order valence-electron chi connectivity index (χ1n) is 4.60. The fraction of sp³-hybridized carbons (Fsp3) is 0.400. The Balaban J connectivity index is 2.38. The molecule has 0 aromatic heterocycles. The van der Waals surface area contributed by atoms with Crippen LogP contribution in [0, 0.1) is 0 Å². The molecule has 0 radical (unpaired) electrons. The van der Waals surface area contributed by atoms with Crippen LogP contribution in [0.1, 0.15) is 24.4 Å². The topological polar surface area (TPSA) is 32.3 Å². The van der Waals surface area contributed by atoms with Crippen molar-refractivity contribution in [2.24, 2.45) is 0 Å². The fourth-order valence-electron chi connectivity index (χ4n) is 1.79. The zero-order valence-corrected chi connectivity index (χ0v) is 9.90. The molecule has 1 heterocycles. The number of benzene rings is 1. The zero-order valence-electron chi connectivity index (χ0n) is 7.56. The van der Waals surface area contributed by atoms with Crippen LogP contribution in [-0.2, 0) is 0 Å². The van der Waals surface area contributed by atoms with Gasteiger partial charge in [0.15, 0.2) is 0 Å². The van der Waals surface area contributed by atoms with E-state index in [1.54, 1.807) is 0 Å². The summed E-state index contributed by atoms with van der Waals surface area (Å²) in [5.74, 6) is 0.195. The van der Waals surface area contributed by atoms with E-state index in [1.165, 1.54) is 0 Å². The molecule has 2 nitrogen and oxygen atoms in total. The van der Waals surface area contributed by atoms with Gasteiger partial charge in [0.25, 0.3) is 0 Å². The normalized spacial score (nSPS) is 21.4. The van der Waals surface area contributed by atoms with Crippen LogP contribution in [0.15, 0.2) is 16.6 Å². The van der Waals surface area contributed by atoms with Crippen LogP contribution in [0.2, 0.25) is 5.02 Å². The highest BCUT2D eigenvalue weighted by Gasteiger charge is 2.21. The fourth-order valence-corrected chi connectivity index (χ4v) is 2.28. The van der Waals surface area contributed by atoms with Crippen molar-refractivity contribution in [3.8, 4) is 5.75 Å². The monoisotopic (exact) mass is 275 g/mol. The van der Waals surface area contributed by atoms with E-state index in [1.807, 2.05) is 12.1 Å². The van der Waals surface area contributed by atoms with Gasteiger partial charge in [-0.3, -0.25) is 0 Å². The minimum absolute atomic E-state index is 0.195. The molecular formula is C10H11BrClNO. The number of phenolic OH excluding ortho intramolecular Hbond substituents is 1. The number of hydrogen-bond donors (Lipinski definition) is 2. The van der Waals surface area contributed by atoms with Crippen LogP contribution < -0.4 is 5.32 Å². The van der Waals surface area contributed by atoms with E-state index in [0.717, 1.165) is 29.4 Å². The number of rotatable bonds is 1. The van der Waals surface area contributed by atoms with Crippen LogP contribution in [0.5, 0.6) is 5.75 Å². The standard InChI is InChI=1S/C10H11BrClNO/c11-7-4-3-6(10(14)9(7)12)8-2-1-5-13-8/h3-4,8,13-14H,1-2,5H2. The molecule has 14 heavy (non-hydrogen) atoms. The SMILES string of the molecule is Oc1c(C2CCCN2)ccc(Br)c1Cl. The van der Waals surface area contributed by atoms with E-state index >= 15 is 0 Å². The maximum Gasteiger partial charge on any atom is 0.140 e. The van der Waals surface area contributed by atoms with Gasteiger partial charge in [0.2, 0.25) is 0 Å². The molecule has 1 aliphatic rings. The number of halogens is 2. The first-order chi connectivity index (χ1) is 6.70. The van der Waals surface area contributed by atoms with Crippen molar-refractivity contribution in [2.75, 3.05) is 6.54 Å². The molecule has 2 N–H and O–H groups in total. The predicted octanol–water partition coefficient (Wildman–Crippen LogP) is 3.23. The Kier molecular flexibility index (Phi) is 3.00. The van der Waals surface area contributed by atoms with Gasteiger partial charge in [0.05, 0.1) is 5.02 Å². The van der Waals surface area contributed by atoms with Crippen LogP contribution in [-0.4, -0.2) is 11.7 Å². The number of aromatic hydroxyl groups is 1. The highest BCUT2D eigenvalue weighted by atomic mass is 79.9. The van der Waals surface area contributed by atoms with Crippen molar-refractivity contribution < 1.29 is 5.11 Å². The zero-order chi connectivity index (χ0) is 10.1. The molecule has 1 aromatic rings. The van der Waals surface area contributed by atoms with E-state index in [0.29, 0.717) is 5.02 Å². The summed E-state index contributed by atoms with van der Waals surface area (Å²) in [6, 6.07) is 4.03. The van der Waals surface area contributed by atoms with E-state index in [4.69, 9.17) is 11.6 Å².